The first-order valence-corrected chi connectivity index (χ1v) is 7.04. The molecule has 0 spiro atoms. The van der Waals surface area contributed by atoms with Gasteiger partial charge < -0.3 is 14.5 Å². The van der Waals surface area contributed by atoms with Crippen LogP contribution in [-0.2, 0) is 11.2 Å². The van der Waals surface area contributed by atoms with Crippen LogP contribution in [0.5, 0.6) is 0 Å². The summed E-state index contributed by atoms with van der Waals surface area (Å²) in [5, 5.41) is 11.5. The molecule has 1 N–H and O–H groups in total. The Labute approximate surface area is 108 Å². The quantitative estimate of drug-likeness (QED) is 0.755. The predicted octanol–water partition coefficient (Wildman–Crippen LogP) is 2.24. The van der Waals surface area contributed by atoms with Gasteiger partial charge in [0.25, 0.3) is 0 Å². The second-order valence-corrected chi connectivity index (χ2v) is 4.74. The monoisotopic (exact) mass is 253 g/mol. The number of nitrogens with one attached hydrogen (secondary N) is 1. The van der Waals surface area contributed by atoms with Crippen molar-refractivity contribution in [2.45, 2.75) is 51.6 Å². The van der Waals surface area contributed by atoms with Gasteiger partial charge in [-0.25, -0.2) is 0 Å². The number of aryl methyl sites for hydroxylation is 1. The Morgan fingerprint density at radius 1 is 1.28 bits per heavy atom. The molecule has 0 saturated carbocycles. The standard InChI is InChI=1S/C13H23N3O2/c1-2-8-14-9-5-7-12-15-16-13(18-12)11-6-3-4-10-17-11/h11,14H,2-10H2,1H3. The van der Waals surface area contributed by atoms with Crippen molar-refractivity contribution in [2.24, 2.45) is 0 Å². The molecular weight excluding hydrogens is 230 g/mol. The average Bonchev–Trinajstić information content (AvgIpc) is 2.88. The maximum absolute atomic E-state index is 5.65. The Kier molecular flexibility index (Phi) is 5.61. The van der Waals surface area contributed by atoms with Crippen LogP contribution in [0.25, 0.3) is 0 Å². The molecule has 1 unspecified atom stereocenters. The van der Waals surface area contributed by atoms with E-state index in [0.29, 0.717) is 5.89 Å². The molecule has 0 aliphatic carbocycles. The summed E-state index contributed by atoms with van der Waals surface area (Å²) in [5.41, 5.74) is 0. The van der Waals surface area contributed by atoms with Gasteiger partial charge in [0.15, 0.2) is 0 Å². The van der Waals surface area contributed by atoms with Crippen LogP contribution >= 0.6 is 0 Å². The van der Waals surface area contributed by atoms with Gasteiger partial charge in [-0.3, -0.25) is 0 Å². The number of hydrogen-bond donors (Lipinski definition) is 1. The van der Waals surface area contributed by atoms with Crippen molar-refractivity contribution < 1.29 is 9.15 Å². The Morgan fingerprint density at radius 2 is 2.22 bits per heavy atom. The van der Waals surface area contributed by atoms with Crippen LogP contribution in [0.1, 0.15) is 56.9 Å². The van der Waals surface area contributed by atoms with Crippen molar-refractivity contribution in [2.75, 3.05) is 19.7 Å². The zero-order valence-corrected chi connectivity index (χ0v) is 11.2. The first kappa shape index (κ1) is 13.5. The highest BCUT2D eigenvalue weighted by Gasteiger charge is 2.21. The number of ether oxygens (including phenoxy) is 1. The fraction of sp³-hybridized carbons (Fsp3) is 0.846. The third-order valence-corrected chi connectivity index (χ3v) is 3.11. The molecule has 5 nitrogen and oxygen atoms in total. The Hall–Kier alpha value is -0.940. The van der Waals surface area contributed by atoms with Crippen LogP contribution in [-0.4, -0.2) is 29.9 Å². The van der Waals surface area contributed by atoms with E-state index in [0.717, 1.165) is 51.3 Å². The second kappa shape index (κ2) is 7.48. The van der Waals surface area contributed by atoms with Gasteiger partial charge in [-0.15, -0.1) is 10.2 Å². The van der Waals surface area contributed by atoms with E-state index in [4.69, 9.17) is 9.15 Å². The normalized spacial score (nSPS) is 20.2. The maximum Gasteiger partial charge on any atom is 0.245 e. The molecule has 1 saturated heterocycles. The van der Waals surface area contributed by atoms with Crippen molar-refractivity contribution in [1.29, 1.82) is 0 Å². The van der Waals surface area contributed by atoms with Gasteiger partial charge >= 0.3 is 0 Å². The Bertz CT molecular complexity index is 335. The minimum absolute atomic E-state index is 0.0261. The van der Waals surface area contributed by atoms with Crippen LogP contribution in [0, 0.1) is 0 Å². The first-order valence-electron chi connectivity index (χ1n) is 7.04. The molecule has 0 amide bonds. The fourth-order valence-electron chi connectivity index (χ4n) is 2.10. The van der Waals surface area contributed by atoms with Crippen molar-refractivity contribution in [3.8, 4) is 0 Å². The van der Waals surface area contributed by atoms with Gasteiger partial charge in [0.1, 0.15) is 6.10 Å². The third-order valence-electron chi connectivity index (χ3n) is 3.11. The zero-order chi connectivity index (χ0) is 12.6. The molecule has 1 aliphatic heterocycles. The molecule has 1 aliphatic rings. The summed E-state index contributed by atoms with van der Waals surface area (Å²) in [4.78, 5) is 0. The SMILES string of the molecule is CCCNCCCc1nnc(C2CCCCO2)o1. The van der Waals surface area contributed by atoms with E-state index in [1.54, 1.807) is 0 Å². The molecule has 1 aromatic heterocycles. The number of aromatic nitrogens is 2. The molecule has 18 heavy (non-hydrogen) atoms. The summed E-state index contributed by atoms with van der Waals surface area (Å²) in [6.45, 7) is 5.06. The van der Waals surface area contributed by atoms with Gasteiger partial charge in [-0.05, 0) is 45.2 Å². The fourth-order valence-corrected chi connectivity index (χ4v) is 2.10. The van der Waals surface area contributed by atoms with E-state index in [1.807, 2.05) is 0 Å². The third kappa shape index (κ3) is 4.07. The molecule has 2 rings (SSSR count). The van der Waals surface area contributed by atoms with Crippen molar-refractivity contribution in [1.82, 2.24) is 15.5 Å². The summed E-state index contributed by atoms with van der Waals surface area (Å²) in [7, 11) is 0. The Balaban J connectivity index is 1.72. The first-order chi connectivity index (χ1) is 8.90. The van der Waals surface area contributed by atoms with E-state index in [9.17, 15) is 0 Å². The van der Waals surface area contributed by atoms with Crippen LogP contribution in [0.3, 0.4) is 0 Å². The van der Waals surface area contributed by atoms with E-state index in [-0.39, 0.29) is 6.10 Å². The van der Waals surface area contributed by atoms with E-state index >= 15 is 0 Å². The molecule has 102 valence electrons. The number of rotatable bonds is 7. The van der Waals surface area contributed by atoms with E-state index < -0.39 is 0 Å². The molecule has 1 aromatic rings. The molecule has 0 radical (unpaired) electrons. The number of hydrogen-bond acceptors (Lipinski definition) is 5. The predicted molar refractivity (Wildman–Crippen MR) is 68.3 cm³/mol. The largest absolute Gasteiger partial charge is 0.422 e. The minimum Gasteiger partial charge on any atom is -0.422 e. The molecular formula is C13H23N3O2. The van der Waals surface area contributed by atoms with Crippen LogP contribution in [0.4, 0.5) is 0 Å². The smallest absolute Gasteiger partial charge is 0.245 e. The molecule has 5 heteroatoms. The highest BCUT2D eigenvalue weighted by molar-refractivity contribution is 4.88. The van der Waals surface area contributed by atoms with Crippen molar-refractivity contribution in [3.63, 3.8) is 0 Å². The van der Waals surface area contributed by atoms with E-state index in [1.165, 1.54) is 12.8 Å². The minimum atomic E-state index is 0.0261. The lowest BCUT2D eigenvalue weighted by atomic mass is 10.1. The second-order valence-electron chi connectivity index (χ2n) is 4.74. The Morgan fingerprint density at radius 3 is 3.00 bits per heavy atom. The lowest BCUT2D eigenvalue weighted by Gasteiger charge is -2.18. The summed E-state index contributed by atoms with van der Waals surface area (Å²) >= 11 is 0. The topological polar surface area (TPSA) is 60.2 Å². The summed E-state index contributed by atoms with van der Waals surface area (Å²) in [5.74, 6) is 1.39. The van der Waals surface area contributed by atoms with Crippen molar-refractivity contribution in [3.05, 3.63) is 11.8 Å². The van der Waals surface area contributed by atoms with Gasteiger partial charge in [0.2, 0.25) is 11.8 Å². The highest BCUT2D eigenvalue weighted by Crippen LogP contribution is 2.26. The van der Waals surface area contributed by atoms with Gasteiger partial charge in [-0.1, -0.05) is 6.92 Å². The molecule has 1 atom stereocenters. The average molecular weight is 253 g/mol. The summed E-state index contributed by atoms with van der Waals surface area (Å²) < 4.78 is 11.3. The van der Waals surface area contributed by atoms with Crippen molar-refractivity contribution >= 4 is 0 Å². The molecule has 2 heterocycles. The zero-order valence-electron chi connectivity index (χ0n) is 11.2. The maximum atomic E-state index is 5.65. The summed E-state index contributed by atoms with van der Waals surface area (Å²) in [6, 6.07) is 0. The molecule has 1 fully saturated rings. The highest BCUT2D eigenvalue weighted by atomic mass is 16.5. The number of nitrogens with zero attached hydrogens (tertiary/aromatic N) is 2. The lowest BCUT2D eigenvalue weighted by molar-refractivity contribution is -0.00211. The van der Waals surface area contributed by atoms with Crippen LogP contribution in [0.15, 0.2) is 4.42 Å². The van der Waals surface area contributed by atoms with Gasteiger partial charge in [0.05, 0.1) is 0 Å². The van der Waals surface area contributed by atoms with Crippen LogP contribution in [0.2, 0.25) is 0 Å². The summed E-state index contributed by atoms with van der Waals surface area (Å²) in [6.07, 6.45) is 6.40. The lowest BCUT2D eigenvalue weighted by Crippen LogP contribution is -2.16. The van der Waals surface area contributed by atoms with Gasteiger partial charge in [-0.2, -0.15) is 0 Å². The van der Waals surface area contributed by atoms with Crippen LogP contribution < -0.4 is 5.32 Å². The molecule has 0 aromatic carbocycles. The van der Waals surface area contributed by atoms with Gasteiger partial charge in [0, 0.05) is 13.0 Å². The molecule has 0 bridgehead atoms. The van der Waals surface area contributed by atoms with E-state index in [2.05, 4.69) is 22.4 Å².